The number of furan rings is 1. The normalized spacial score (nSPS) is 14.7. The molecule has 2 heterocycles. The van der Waals surface area contributed by atoms with Crippen molar-refractivity contribution in [1.29, 1.82) is 5.26 Å². The monoisotopic (exact) mass is 521 g/mol. The van der Waals surface area contributed by atoms with Crippen molar-refractivity contribution in [3.63, 3.8) is 0 Å². The van der Waals surface area contributed by atoms with Gasteiger partial charge in [-0.15, -0.1) is 0 Å². The van der Waals surface area contributed by atoms with Gasteiger partial charge in [0.25, 0.3) is 10.1 Å². The van der Waals surface area contributed by atoms with Gasteiger partial charge in [-0.25, -0.2) is 0 Å². The minimum atomic E-state index is -3.67. The van der Waals surface area contributed by atoms with E-state index < -0.39 is 21.0 Å². The van der Waals surface area contributed by atoms with Crippen LogP contribution in [0.4, 0.5) is 5.69 Å². The van der Waals surface area contributed by atoms with Crippen molar-refractivity contribution in [2.45, 2.75) is 25.3 Å². The Balaban J connectivity index is 0.000000586. The van der Waals surface area contributed by atoms with Gasteiger partial charge < -0.3 is 14.6 Å². The molecule has 3 aromatic carbocycles. The van der Waals surface area contributed by atoms with Crippen LogP contribution >= 0.6 is 0 Å². The molecule has 0 spiro atoms. The molecule has 1 aliphatic heterocycles. The number of likely N-dealkylation sites (tertiary alicyclic amines) is 1. The van der Waals surface area contributed by atoms with Crippen molar-refractivity contribution in [2.24, 2.45) is 0 Å². The molecule has 0 aliphatic carbocycles. The van der Waals surface area contributed by atoms with Gasteiger partial charge in [0.15, 0.2) is 0 Å². The first-order chi connectivity index (χ1) is 17.6. The number of para-hydroxylation sites is 1. The van der Waals surface area contributed by atoms with Crippen molar-refractivity contribution in [2.75, 3.05) is 31.2 Å². The van der Waals surface area contributed by atoms with Crippen LogP contribution in [0.25, 0.3) is 22.1 Å². The molecule has 2 N–H and O–H groups in total. The second-order valence-electron chi connectivity index (χ2n) is 9.10. The number of nitriles is 1. The summed E-state index contributed by atoms with van der Waals surface area (Å²) in [6, 6.07) is 17.1. The lowest BCUT2D eigenvalue weighted by Gasteiger charge is -2.33. The third-order valence-corrected chi connectivity index (χ3v) is 6.41. The number of benzene rings is 2. The van der Waals surface area contributed by atoms with E-state index in [0.29, 0.717) is 28.6 Å². The summed E-state index contributed by atoms with van der Waals surface area (Å²) in [6.07, 6.45) is 5.34. The lowest BCUT2D eigenvalue weighted by atomic mass is 9.96. The number of nitrogens with zero attached hydrogens (tertiary/aromatic N) is 2. The van der Waals surface area contributed by atoms with Crippen molar-refractivity contribution in [1.82, 2.24) is 4.90 Å². The Bertz CT molecular complexity index is 1590. The number of rotatable bonds is 6. The van der Waals surface area contributed by atoms with Crippen molar-refractivity contribution in [3.8, 4) is 17.2 Å². The van der Waals surface area contributed by atoms with Crippen LogP contribution in [0.1, 0.15) is 24.0 Å². The molecule has 0 atom stereocenters. The van der Waals surface area contributed by atoms with Crippen LogP contribution < -0.4 is 16.2 Å². The molecule has 5 rings (SSSR count). The van der Waals surface area contributed by atoms with Crippen LogP contribution in [0.3, 0.4) is 0 Å². The van der Waals surface area contributed by atoms with Crippen LogP contribution in [0.2, 0.25) is 0 Å². The smallest absolute Gasteiger partial charge is 0.261 e. The van der Waals surface area contributed by atoms with E-state index in [0.717, 1.165) is 44.5 Å². The number of fused-ring (bicyclic) bond motifs is 1. The molecule has 0 saturated carbocycles. The van der Waals surface area contributed by atoms with E-state index in [1.54, 1.807) is 24.3 Å². The molecule has 0 amide bonds. The number of piperidine rings is 1. The average Bonchev–Trinajstić information content (AvgIpc) is 3.30. The van der Waals surface area contributed by atoms with Gasteiger partial charge in [0.2, 0.25) is 10.9 Å². The van der Waals surface area contributed by atoms with Gasteiger partial charge in [0.05, 0.1) is 35.4 Å². The van der Waals surface area contributed by atoms with E-state index in [-0.39, 0.29) is 6.04 Å². The first kappa shape index (κ1) is 26.3. The van der Waals surface area contributed by atoms with Crippen molar-refractivity contribution >= 4 is 26.8 Å². The first-order valence-electron chi connectivity index (χ1n) is 11.8. The fraction of sp³-hybridized carbons (Fsp3) is 0.296. The van der Waals surface area contributed by atoms with Gasteiger partial charge in [-0.2, -0.15) is 13.7 Å². The highest BCUT2D eigenvalue weighted by atomic mass is 32.2. The summed E-state index contributed by atoms with van der Waals surface area (Å²) in [7, 11) is -3.67. The van der Waals surface area contributed by atoms with Crippen LogP contribution in [-0.2, 0) is 16.5 Å². The molecule has 10 heteroatoms. The van der Waals surface area contributed by atoms with Crippen LogP contribution in [0.5, 0.6) is 0 Å². The molecule has 0 radical (unpaired) electrons. The predicted molar refractivity (Wildman–Crippen MR) is 142 cm³/mol. The van der Waals surface area contributed by atoms with Crippen LogP contribution in [0, 0.1) is 11.3 Å². The van der Waals surface area contributed by atoms with Crippen molar-refractivity contribution in [3.05, 3.63) is 86.4 Å². The van der Waals surface area contributed by atoms with Crippen LogP contribution in [0.15, 0.2) is 68.8 Å². The lowest BCUT2D eigenvalue weighted by Crippen LogP contribution is -2.43. The van der Waals surface area contributed by atoms with E-state index in [1.807, 2.05) is 24.5 Å². The molecule has 37 heavy (non-hydrogen) atoms. The van der Waals surface area contributed by atoms with E-state index in [1.165, 1.54) is 10.9 Å². The maximum Gasteiger partial charge on any atom is 0.261 e. The van der Waals surface area contributed by atoms with E-state index >= 15 is 0 Å². The Hall–Kier alpha value is -3.78. The number of nitrogens with one attached hydrogen (secondary N) is 1. The molecule has 9 nitrogen and oxygen atoms in total. The number of anilines is 1. The molecule has 0 unspecified atom stereocenters. The third kappa shape index (κ3) is 6.51. The zero-order valence-electron chi connectivity index (χ0n) is 20.3. The summed E-state index contributed by atoms with van der Waals surface area (Å²) < 4.78 is 31.5. The Labute approximate surface area is 214 Å². The second-order valence-corrected chi connectivity index (χ2v) is 10.6. The molecule has 1 fully saturated rings. The maximum atomic E-state index is 12.2. The summed E-state index contributed by atoms with van der Waals surface area (Å²) in [5.41, 5.74) is 3.32. The zero-order chi connectivity index (χ0) is 26.6. The molecule has 1 saturated heterocycles. The zero-order valence-corrected chi connectivity index (χ0v) is 21.1. The Morgan fingerprint density at radius 2 is 1.73 bits per heavy atom. The molecule has 0 bridgehead atoms. The standard InChI is InChI=1S/C26H23N3O3.CH4O3S/c27-15-17-5-7-18(8-6-17)23-24(26(31)25(23)30)28-20-10-13-29(14-11-20)12-9-19-16-32-22-4-2-1-3-21(19)22;1-5(2,3)4/h1-8,16,20,28H,9-14H2;1H3,(H,2,3,4). The molecule has 1 aromatic heterocycles. The van der Waals surface area contributed by atoms with Crippen LogP contribution in [-0.4, -0.2) is 49.8 Å². The Morgan fingerprint density at radius 3 is 2.38 bits per heavy atom. The summed E-state index contributed by atoms with van der Waals surface area (Å²) >= 11 is 0. The highest BCUT2D eigenvalue weighted by Gasteiger charge is 2.26. The predicted octanol–water partition coefficient (Wildman–Crippen LogP) is 3.19. The first-order valence-corrected chi connectivity index (χ1v) is 13.7. The van der Waals surface area contributed by atoms with E-state index in [4.69, 9.17) is 14.2 Å². The van der Waals surface area contributed by atoms with Gasteiger partial charge >= 0.3 is 0 Å². The summed E-state index contributed by atoms with van der Waals surface area (Å²) in [5.74, 6) is 0. The van der Waals surface area contributed by atoms with E-state index in [2.05, 4.69) is 22.4 Å². The maximum absolute atomic E-state index is 12.2. The minimum absolute atomic E-state index is 0.168. The highest BCUT2D eigenvalue weighted by Crippen LogP contribution is 2.26. The quantitative estimate of drug-likeness (QED) is 0.289. The largest absolute Gasteiger partial charge is 0.464 e. The average molecular weight is 522 g/mol. The molecular formula is C27H27N3O6S. The fourth-order valence-corrected chi connectivity index (χ4v) is 4.53. The van der Waals surface area contributed by atoms with Gasteiger partial charge in [0, 0.05) is 31.1 Å². The molecular weight excluding hydrogens is 494 g/mol. The highest BCUT2D eigenvalue weighted by molar-refractivity contribution is 7.85. The third-order valence-electron chi connectivity index (χ3n) is 6.41. The Morgan fingerprint density at radius 1 is 1.08 bits per heavy atom. The van der Waals surface area contributed by atoms with Crippen molar-refractivity contribution < 1.29 is 17.4 Å². The summed E-state index contributed by atoms with van der Waals surface area (Å²) in [4.78, 5) is 26.8. The fourth-order valence-electron chi connectivity index (χ4n) is 4.53. The molecule has 1 aliphatic rings. The topological polar surface area (TPSA) is 141 Å². The number of hydrogen-bond donors (Lipinski definition) is 2. The van der Waals surface area contributed by atoms with Gasteiger partial charge in [-0.1, -0.05) is 30.3 Å². The second kappa shape index (κ2) is 11.1. The lowest BCUT2D eigenvalue weighted by molar-refractivity contribution is 0.221. The summed E-state index contributed by atoms with van der Waals surface area (Å²) in [6.45, 7) is 2.84. The molecule has 192 valence electrons. The van der Waals surface area contributed by atoms with Gasteiger partial charge in [-0.3, -0.25) is 14.1 Å². The van der Waals surface area contributed by atoms with Gasteiger partial charge in [0.1, 0.15) is 5.58 Å². The minimum Gasteiger partial charge on any atom is -0.464 e. The molecule has 4 aromatic rings. The SMILES string of the molecule is CS(=O)(=O)O.N#Cc1ccc(-c2c(NC3CCN(CCc4coc5ccccc45)CC3)c(=O)c2=O)cc1. The van der Waals surface area contributed by atoms with Gasteiger partial charge in [-0.05, 0) is 48.6 Å². The number of hydrogen-bond acceptors (Lipinski definition) is 8. The van der Waals surface area contributed by atoms with E-state index in [9.17, 15) is 18.0 Å². The Kier molecular flexibility index (Phi) is 7.88. The summed E-state index contributed by atoms with van der Waals surface area (Å²) in [5, 5.41) is 13.5.